The van der Waals surface area contributed by atoms with E-state index in [2.05, 4.69) is 55.5 Å². The van der Waals surface area contributed by atoms with Crippen molar-refractivity contribution in [3.63, 3.8) is 0 Å². The van der Waals surface area contributed by atoms with E-state index in [9.17, 15) is 4.79 Å². The number of carbonyl (C=O) groups is 1. The summed E-state index contributed by atoms with van der Waals surface area (Å²) in [5, 5.41) is 0. The van der Waals surface area contributed by atoms with E-state index in [1.165, 1.54) is 5.56 Å². The summed E-state index contributed by atoms with van der Waals surface area (Å²) in [4.78, 5) is 13.0. The fourth-order valence-electron chi connectivity index (χ4n) is 3.97. The van der Waals surface area contributed by atoms with Crippen molar-refractivity contribution in [2.75, 3.05) is 0 Å². The van der Waals surface area contributed by atoms with E-state index < -0.39 is 0 Å². The highest BCUT2D eigenvalue weighted by molar-refractivity contribution is 6.15. The van der Waals surface area contributed by atoms with Gasteiger partial charge in [-0.2, -0.15) is 0 Å². The Labute approximate surface area is 193 Å². The Morgan fingerprint density at radius 1 is 0.818 bits per heavy atom. The van der Waals surface area contributed by atoms with Gasteiger partial charge in [0, 0.05) is 6.07 Å². The quantitative estimate of drug-likeness (QED) is 0.314. The van der Waals surface area contributed by atoms with Crippen molar-refractivity contribution < 1.29 is 14.3 Å². The summed E-state index contributed by atoms with van der Waals surface area (Å²) >= 11 is 0. The molecule has 0 amide bonds. The average molecular weight is 433 g/mol. The molecular formula is C30H24O3. The van der Waals surface area contributed by atoms with Crippen molar-refractivity contribution >= 4 is 11.9 Å². The van der Waals surface area contributed by atoms with E-state index in [0.717, 1.165) is 27.8 Å². The van der Waals surface area contributed by atoms with Crippen molar-refractivity contribution in [3.8, 4) is 22.6 Å². The normalized spacial score (nSPS) is 13.6. The van der Waals surface area contributed by atoms with Gasteiger partial charge in [-0.05, 0) is 53.8 Å². The summed E-state index contributed by atoms with van der Waals surface area (Å²) in [6.45, 7) is 4.44. The number of hydrogen-bond acceptors (Lipinski definition) is 3. The van der Waals surface area contributed by atoms with E-state index in [4.69, 9.17) is 9.47 Å². The lowest BCUT2D eigenvalue weighted by molar-refractivity contribution is 0.101. The van der Waals surface area contributed by atoms with Gasteiger partial charge in [0.15, 0.2) is 5.76 Å². The molecule has 0 saturated carbocycles. The maximum Gasteiger partial charge on any atom is 0.232 e. The number of ketones is 1. The highest BCUT2D eigenvalue weighted by Gasteiger charge is 2.30. The molecule has 0 aromatic heterocycles. The predicted molar refractivity (Wildman–Crippen MR) is 132 cm³/mol. The Bertz CT molecular complexity index is 1330. The lowest BCUT2D eigenvalue weighted by atomic mass is 10.0. The molecule has 0 saturated heterocycles. The number of benzene rings is 4. The van der Waals surface area contributed by atoms with Crippen LogP contribution in [0.5, 0.6) is 11.5 Å². The van der Waals surface area contributed by atoms with Crippen LogP contribution in [0.4, 0.5) is 0 Å². The second kappa shape index (κ2) is 8.79. The molecule has 0 unspecified atom stereocenters. The highest BCUT2D eigenvalue weighted by atomic mass is 16.5. The molecule has 1 heterocycles. The Hall–Kier alpha value is -4.11. The molecule has 33 heavy (non-hydrogen) atoms. The van der Waals surface area contributed by atoms with Crippen LogP contribution in [0.15, 0.2) is 96.8 Å². The molecule has 0 radical (unpaired) electrons. The highest BCUT2D eigenvalue weighted by Crippen LogP contribution is 2.37. The zero-order chi connectivity index (χ0) is 22.8. The smallest absolute Gasteiger partial charge is 0.232 e. The number of fused-ring (bicyclic) bond motifs is 1. The van der Waals surface area contributed by atoms with E-state index >= 15 is 0 Å². The topological polar surface area (TPSA) is 35.5 Å². The molecule has 0 fully saturated rings. The van der Waals surface area contributed by atoms with Crippen molar-refractivity contribution in [2.45, 2.75) is 20.5 Å². The lowest BCUT2D eigenvalue weighted by Gasteiger charge is -2.09. The van der Waals surface area contributed by atoms with Gasteiger partial charge in [0.1, 0.15) is 18.1 Å². The first-order valence-corrected chi connectivity index (χ1v) is 11.0. The molecule has 3 nitrogen and oxygen atoms in total. The first-order chi connectivity index (χ1) is 16.1. The minimum Gasteiger partial charge on any atom is -0.489 e. The second-order valence-corrected chi connectivity index (χ2v) is 8.32. The molecule has 162 valence electrons. The molecule has 4 aromatic carbocycles. The lowest BCUT2D eigenvalue weighted by Crippen LogP contribution is -2.00. The summed E-state index contributed by atoms with van der Waals surface area (Å²) in [6.07, 6.45) is 1.80. The van der Waals surface area contributed by atoms with E-state index in [1.807, 2.05) is 43.3 Å². The number of hydrogen-bond donors (Lipinski definition) is 0. The maximum atomic E-state index is 13.0. The van der Waals surface area contributed by atoms with Crippen molar-refractivity contribution in [1.82, 2.24) is 0 Å². The molecule has 1 aliphatic heterocycles. The average Bonchev–Trinajstić information content (AvgIpc) is 3.15. The third-order valence-electron chi connectivity index (χ3n) is 5.79. The number of carbonyl (C=O) groups excluding carboxylic acids is 1. The number of allylic oxidation sites excluding steroid dienone is 1. The molecular weight excluding hydrogens is 408 g/mol. The zero-order valence-corrected chi connectivity index (χ0v) is 18.7. The standard InChI is InChI=1S/C30H24O3/c1-20-8-10-23(11-9-20)19-32-26-16-21(2)29-27(18-26)33-28(30(29)31)17-22-12-14-25(15-13-22)24-6-4-3-5-7-24/h3-18H,19H2,1-2H3/b28-17-. The summed E-state index contributed by atoms with van der Waals surface area (Å²) < 4.78 is 11.9. The van der Waals surface area contributed by atoms with Gasteiger partial charge in [-0.25, -0.2) is 0 Å². The minimum atomic E-state index is -0.0975. The van der Waals surface area contributed by atoms with E-state index in [0.29, 0.717) is 29.4 Å². The van der Waals surface area contributed by atoms with Crippen LogP contribution >= 0.6 is 0 Å². The van der Waals surface area contributed by atoms with Crippen LogP contribution in [0.1, 0.15) is 32.6 Å². The summed E-state index contributed by atoms with van der Waals surface area (Å²) in [7, 11) is 0. The molecule has 0 bridgehead atoms. The van der Waals surface area contributed by atoms with E-state index in [1.54, 1.807) is 12.1 Å². The Morgan fingerprint density at radius 2 is 1.52 bits per heavy atom. The first kappa shape index (κ1) is 20.8. The van der Waals surface area contributed by atoms with Crippen molar-refractivity contribution in [1.29, 1.82) is 0 Å². The molecule has 1 aliphatic rings. The summed E-state index contributed by atoms with van der Waals surface area (Å²) in [6, 6.07) is 30.2. The number of Topliss-reactive ketones (excluding diaryl/α,β-unsaturated/α-hetero) is 1. The number of rotatable bonds is 5. The van der Waals surface area contributed by atoms with Crippen LogP contribution in [0.2, 0.25) is 0 Å². The van der Waals surface area contributed by atoms with Gasteiger partial charge in [-0.3, -0.25) is 4.79 Å². The maximum absolute atomic E-state index is 13.0. The van der Waals surface area contributed by atoms with Crippen molar-refractivity contribution in [3.05, 3.63) is 125 Å². The van der Waals surface area contributed by atoms with Gasteiger partial charge in [0.2, 0.25) is 5.78 Å². The number of ether oxygens (including phenoxy) is 2. The molecule has 4 aromatic rings. The molecule has 0 N–H and O–H groups in total. The predicted octanol–water partition coefficient (Wildman–Crippen LogP) is 7.17. The zero-order valence-electron chi connectivity index (χ0n) is 18.7. The second-order valence-electron chi connectivity index (χ2n) is 8.32. The fourth-order valence-corrected chi connectivity index (χ4v) is 3.97. The number of aryl methyl sites for hydroxylation is 2. The van der Waals surface area contributed by atoms with Crippen LogP contribution < -0.4 is 9.47 Å². The SMILES string of the molecule is Cc1ccc(COc2cc(C)c3c(c2)O/C(=C\c2ccc(-c4ccccc4)cc2)C3=O)cc1. The van der Waals surface area contributed by atoms with Gasteiger partial charge in [0.25, 0.3) is 0 Å². The van der Waals surface area contributed by atoms with Crippen LogP contribution in [0.25, 0.3) is 17.2 Å². The van der Waals surface area contributed by atoms with Crippen LogP contribution in [-0.4, -0.2) is 5.78 Å². The Morgan fingerprint density at radius 3 is 2.24 bits per heavy atom. The first-order valence-electron chi connectivity index (χ1n) is 11.0. The third kappa shape index (κ3) is 4.44. The summed E-state index contributed by atoms with van der Waals surface area (Å²) in [5.41, 5.74) is 6.96. The van der Waals surface area contributed by atoms with Gasteiger partial charge >= 0.3 is 0 Å². The summed E-state index contributed by atoms with van der Waals surface area (Å²) in [5.74, 6) is 1.47. The van der Waals surface area contributed by atoms with Gasteiger partial charge in [-0.1, -0.05) is 84.4 Å². The molecule has 0 atom stereocenters. The molecule has 5 rings (SSSR count). The Balaban J connectivity index is 1.34. The molecule has 0 aliphatic carbocycles. The van der Waals surface area contributed by atoms with Gasteiger partial charge in [-0.15, -0.1) is 0 Å². The van der Waals surface area contributed by atoms with Crippen LogP contribution in [0, 0.1) is 13.8 Å². The Kier molecular flexibility index (Phi) is 5.54. The largest absolute Gasteiger partial charge is 0.489 e. The third-order valence-corrected chi connectivity index (χ3v) is 5.79. The monoisotopic (exact) mass is 432 g/mol. The van der Waals surface area contributed by atoms with Crippen LogP contribution in [0.3, 0.4) is 0 Å². The van der Waals surface area contributed by atoms with Gasteiger partial charge in [0.05, 0.1) is 5.56 Å². The molecule has 3 heteroatoms. The van der Waals surface area contributed by atoms with Crippen molar-refractivity contribution in [2.24, 2.45) is 0 Å². The van der Waals surface area contributed by atoms with Crippen LogP contribution in [-0.2, 0) is 6.61 Å². The van der Waals surface area contributed by atoms with E-state index in [-0.39, 0.29) is 5.78 Å². The van der Waals surface area contributed by atoms with Gasteiger partial charge < -0.3 is 9.47 Å². The minimum absolute atomic E-state index is 0.0975. The fraction of sp³-hybridized carbons (Fsp3) is 0.100. The molecule has 0 spiro atoms.